The molecule has 1 unspecified atom stereocenters. The summed E-state index contributed by atoms with van der Waals surface area (Å²) in [6, 6.07) is 12.8. The van der Waals surface area contributed by atoms with Gasteiger partial charge in [0.05, 0.1) is 16.8 Å². The van der Waals surface area contributed by atoms with Crippen LogP contribution in [0.4, 0.5) is 0 Å². The van der Waals surface area contributed by atoms with E-state index in [4.69, 9.17) is 9.72 Å². The van der Waals surface area contributed by atoms with E-state index in [1.165, 1.54) is 27.0 Å². The summed E-state index contributed by atoms with van der Waals surface area (Å²) in [5, 5.41) is 7.24. The van der Waals surface area contributed by atoms with Gasteiger partial charge >= 0.3 is 0 Å². The molecule has 0 amide bonds. The van der Waals surface area contributed by atoms with Crippen LogP contribution in [0.3, 0.4) is 0 Å². The lowest BCUT2D eigenvalue weighted by Gasteiger charge is -2.30. The van der Waals surface area contributed by atoms with Crippen molar-refractivity contribution in [1.29, 1.82) is 0 Å². The Hall–Kier alpha value is -2.73. The molecule has 1 aromatic carbocycles. The fourth-order valence-corrected chi connectivity index (χ4v) is 5.17. The predicted octanol–water partition coefficient (Wildman–Crippen LogP) is 2.22. The van der Waals surface area contributed by atoms with Gasteiger partial charge in [0.15, 0.2) is 0 Å². The number of nitrogens with one attached hydrogen (secondary N) is 1. The van der Waals surface area contributed by atoms with Crippen molar-refractivity contribution < 1.29 is 4.74 Å². The van der Waals surface area contributed by atoms with Crippen molar-refractivity contribution in [2.75, 3.05) is 33.3 Å². The van der Waals surface area contributed by atoms with E-state index in [0.29, 0.717) is 0 Å². The van der Waals surface area contributed by atoms with Crippen LogP contribution in [0.2, 0.25) is 0 Å². The molecule has 3 aromatic rings. The number of allylic oxidation sites excluding steroid dienone is 1. The highest BCUT2D eigenvalue weighted by molar-refractivity contribution is 5.84. The van der Waals surface area contributed by atoms with Crippen molar-refractivity contribution in [2.45, 2.75) is 31.5 Å². The number of aromatic nitrogens is 2. The van der Waals surface area contributed by atoms with Crippen LogP contribution >= 0.6 is 0 Å². The molecule has 3 heterocycles. The number of hydrogen-bond acceptors (Lipinski definition) is 4. The first-order valence-electron chi connectivity index (χ1n) is 11.6. The molecule has 5 heteroatoms. The monoisotopic (exact) mass is 428 g/mol. The van der Waals surface area contributed by atoms with Gasteiger partial charge in [0.2, 0.25) is 0 Å². The molecular weight excluding hydrogens is 396 g/mol. The molecule has 0 bridgehead atoms. The Morgan fingerprint density at radius 2 is 2.00 bits per heavy atom. The van der Waals surface area contributed by atoms with Gasteiger partial charge in [-0.3, -0.25) is 9.88 Å². The van der Waals surface area contributed by atoms with Gasteiger partial charge in [0.25, 0.3) is 0 Å². The van der Waals surface area contributed by atoms with Crippen LogP contribution in [0.5, 0.6) is 0 Å². The summed E-state index contributed by atoms with van der Waals surface area (Å²) in [7, 11) is 1.83. The number of methoxy groups -OCH3 is 1. The minimum Gasteiger partial charge on any atom is -0.373 e. The average Bonchev–Trinajstić information content (AvgIpc) is 3.14. The molecule has 2 aliphatic rings. The standard InChI is InChI=1S/C27H32N4O/c1-3-15-31-25-19-27(32-2,18-21-7-5-4-6-8-21)11-9-22(25)23-10-12-29-24(26(23)31)20-30-16-13-28-14-17-30/h3-10,12,19,28H,1,11,13-18,20H2,2H3. The molecule has 0 spiro atoms. The highest BCUT2D eigenvalue weighted by Crippen LogP contribution is 2.27. The number of hydrogen-bond donors (Lipinski definition) is 1. The van der Waals surface area contributed by atoms with Crippen LogP contribution in [0.1, 0.15) is 17.7 Å². The van der Waals surface area contributed by atoms with E-state index >= 15 is 0 Å². The molecule has 2 aromatic heterocycles. The topological polar surface area (TPSA) is 42.3 Å². The number of fused-ring (bicyclic) bond motifs is 3. The summed E-state index contributed by atoms with van der Waals surface area (Å²) in [4.78, 5) is 7.33. The summed E-state index contributed by atoms with van der Waals surface area (Å²) in [6.07, 6.45) is 10.4. The van der Waals surface area contributed by atoms with E-state index in [1.54, 1.807) is 0 Å². The van der Waals surface area contributed by atoms with Crippen molar-refractivity contribution >= 4 is 23.1 Å². The van der Waals surface area contributed by atoms with Crippen LogP contribution in [-0.4, -0.2) is 53.3 Å². The molecule has 166 valence electrons. The number of rotatable bonds is 7. The quantitative estimate of drug-likeness (QED) is 0.586. The van der Waals surface area contributed by atoms with E-state index in [0.717, 1.165) is 57.8 Å². The molecule has 1 aliphatic heterocycles. The molecule has 32 heavy (non-hydrogen) atoms. The van der Waals surface area contributed by atoms with Crippen LogP contribution < -0.4 is 15.9 Å². The Morgan fingerprint density at radius 1 is 1.19 bits per heavy atom. The van der Waals surface area contributed by atoms with Gasteiger partial charge in [-0.2, -0.15) is 0 Å². The van der Waals surface area contributed by atoms with Gasteiger partial charge in [-0.25, -0.2) is 0 Å². The van der Waals surface area contributed by atoms with E-state index in [-0.39, 0.29) is 5.60 Å². The first-order chi connectivity index (χ1) is 15.7. The van der Waals surface area contributed by atoms with Gasteiger partial charge in [0.1, 0.15) is 0 Å². The maximum atomic E-state index is 6.16. The van der Waals surface area contributed by atoms with Crippen LogP contribution in [0, 0.1) is 0 Å². The number of ether oxygens (including phenoxy) is 1. The number of nitrogens with zero attached hydrogens (tertiary/aromatic N) is 3. The summed E-state index contributed by atoms with van der Waals surface area (Å²) in [6.45, 7) is 9.86. The highest BCUT2D eigenvalue weighted by Gasteiger charge is 2.30. The van der Waals surface area contributed by atoms with Crippen molar-refractivity contribution in [3.05, 3.63) is 77.1 Å². The first kappa shape index (κ1) is 21.1. The zero-order chi connectivity index (χ0) is 22.0. The largest absolute Gasteiger partial charge is 0.373 e. The van der Waals surface area contributed by atoms with Crippen molar-refractivity contribution in [1.82, 2.24) is 19.8 Å². The Balaban J connectivity index is 1.64. The Bertz CT molecular complexity index is 1220. The summed E-state index contributed by atoms with van der Waals surface area (Å²) in [5.74, 6) is 0. The second kappa shape index (κ2) is 9.02. The second-order valence-corrected chi connectivity index (χ2v) is 8.86. The van der Waals surface area contributed by atoms with Crippen molar-refractivity contribution in [3.63, 3.8) is 0 Å². The summed E-state index contributed by atoms with van der Waals surface area (Å²) in [5.41, 5.74) is 3.31. The number of pyridine rings is 1. The van der Waals surface area contributed by atoms with E-state index in [9.17, 15) is 0 Å². The Labute approximate surface area is 189 Å². The number of piperazine rings is 1. The molecule has 1 aliphatic carbocycles. The van der Waals surface area contributed by atoms with Gasteiger partial charge in [-0.1, -0.05) is 42.5 Å². The average molecular weight is 429 g/mol. The highest BCUT2D eigenvalue weighted by atomic mass is 16.5. The Kier molecular flexibility index (Phi) is 5.96. The summed E-state index contributed by atoms with van der Waals surface area (Å²) >= 11 is 0. The smallest absolute Gasteiger partial charge is 0.0956 e. The Morgan fingerprint density at radius 3 is 2.75 bits per heavy atom. The fraction of sp³-hybridized carbons (Fsp3) is 0.370. The lowest BCUT2D eigenvalue weighted by Crippen LogP contribution is -2.43. The second-order valence-electron chi connectivity index (χ2n) is 8.86. The minimum absolute atomic E-state index is 0.353. The third-order valence-electron chi connectivity index (χ3n) is 6.83. The molecular formula is C27H32N4O. The molecule has 0 saturated carbocycles. The van der Waals surface area contributed by atoms with Gasteiger partial charge < -0.3 is 14.6 Å². The summed E-state index contributed by atoms with van der Waals surface area (Å²) < 4.78 is 8.55. The molecule has 5 rings (SSSR count). The molecule has 1 N–H and O–H groups in total. The minimum atomic E-state index is -0.353. The molecule has 5 nitrogen and oxygen atoms in total. The van der Waals surface area contributed by atoms with Crippen molar-refractivity contribution in [3.8, 4) is 0 Å². The van der Waals surface area contributed by atoms with E-state index in [1.807, 2.05) is 19.4 Å². The third kappa shape index (κ3) is 3.92. The maximum absolute atomic E-state index is 6.16. The van der Waals surface area contributed by atoms with Crippen LogP contribution in [0.15, 0.2) is 55.3 Å². The molecule has 1 atom stereocenters. The molecule has 1 fully saturated rings. The zero-order valence-electron chi connectivity index (χ0n) is 18.9. The molecule has 0 radical (unpaired) electrons. The van der Waals surface area contributed by atoms with E-state index < -0.39 is 0 Å². The lowest BCUT2D eigenvalue weighted by molar-refractivity contribution is 0.0509. The van der Waals surface area contributed by atoms with Gasteiger partial charge in [0, 0.05) is 75.0 Å². The maximum Gasteiger partial charge on any atom is 0.0956 e. The van der Waals surface area contributed by atoms with Crippen molar-refractivity contribution in [2.24, 2.45) is 0 Å². The third-order valence-corrected chi connectivity index (χ3v) is 6.83. The van der Waals surface area contributed by atoms with Gasteiger partial charge in [-0.15, -0.1) is 6.58 Å². The normalized spacial score (nSPS) is 21.0. The first-order valence-corrected chi connectivity index (χ1v) is 11.6. The van der Waals surface area contributed by atoms with Crippen LogP contribution in [-0.2, 0) is 24.2 Å². The predicted molar refractivity (Wildman–Crippen MR) is 131 cm³/mol. The zero-order valence-corrected chi connectivity index (χ0v) is 18.9. The number of benzene rings is 1. The SMILES string of the molecule is C=CCn1c2c(c3ccnc(CN4CCNCC4)c31)=CCC(Cc1ccccc1)(OC)C=2. The fourth-order valence-electron chi connectivity index (χ4n) is 5.17. The van der Waals surface area contributed by atoms with Crippen LogP contribution in [0.25, 0.3) is 23.1 Å². The van der Waals surface area contributed by atoms with Gasteiger partial charge in [-0.05, 0) is 24.1 Å². The lowest BCUT2D eigenvalue weighted by atomic mass is 9.87. The van der Waals surface area contributed by atoms with E-state index in [2.05, 4.69) is 69.9 Å². The molecule has 1 saturated heterocycles.